The lowest BCUT2D eigenvalue weighted by atomic mass is 10.2. The summed E-state index contributed by atoms with van der Waals surface area (Å²) >= 11 is 1.39. The number of nitrogens with two attached hydrogens (primary N) is 1. The minimum Gasteiger partial charge on any atom is -0.347 e. The van der Waals surface area contributed by atoms with Crippen LogP contribution in [0.2, 0.25) is 0 Å². The number of aryl methyl sites for hydroxylation is 1. The standard InChI is InChI=1S/C15H15N3OS/c1-11-9-14(20-13(11)3-2-6-16)15(19)18-10-12-4-7-17-8-5-12/h4-5,7-9H,6,10,16H2,1H3,(H,18,19). The number of thiophene rings is 1. The van der Waals surface area contributed by atoms with Crippen molar-refractivity contribution in [2.75, 3.05) is 6.54 Å². The van der Waals surface area contributed by atoms with Crippen LogP contribution in [-0.2, 0) is 6.54 Å². The van der Waals surface area contributed by atoms with Crippen molar-refractivity contribution < 1.29 is 4.79 Å². The molecule has 20 heavy (non-hydrogen) atoms. The van der Waals surface area contributed by atoms with Crippen LogP contribution < -0.4 is 11.1 Å². The van der Waals surface area contributed by atoms with Crippen molar-refractivity contribution >= 4 is 17.2 Å². The number of carbonyl (C=O) groups excluding carboxylic acids is 1. The second-order valence-electron chi connectivity index (χ2n) is 4.17. The summed E-state index contributed by atoms with van der Waals surface area (Å²) < 4.78 is 0. The Bertz CT molecular complexity index is 653. The van der Waals surface area contributed by atoms with Crippen molar-refractivity contribution in [2.45, 2.75) is 13.5 Å². The minimum atomic E-state index is -0.0873. The third kappa shape index (κ3) is 3.67. The Morgan fingerprint density at radius 1 is 1.45 bits per heavy atom. The van der Waals surface area contributed by atoms with E-state index in [1.54, 1.807) is 12.4 Å². The first-order valence-corrected chi connectivity index (χ1v) is 6.99. The van der Waals surface area contributed by atoms with Crippen molar-refractivity contribution in [1.82, 2.24) is 10.3 Å². The topological polar surface area (TPSA) is 68.0 Å². The van der Waals surface area contributed by atoms with Crippen LogP contribution in [0, 0.1) is 18.8 Å². The van der Waals surface area contributed by atoms with Gasteiger partial charge in [0.05, 0.1) is 16.3 Å². The van der Waals surface area contributed by atoms with E-state index in [4.69, 9.17) is 5.73 Å². The number of hydrogen-bond acceptors (Lipinski definition) is 4. The van der Waals surface area contributed by atoms with Gasteiger partial charge in [0.15, 0.2) is 0 Å². The van der Waals surface area contributed by atoms with E-state index >= 15 is 0 Å². The van der Waals surface area contributed by atoms with Crippen LogP contribution in [-0.4, -0.2) is 17.4 Å². The van der Waals surface area contributed by atoms with Gasteiger partial charge in [-0.15, -0.1) is 11.3 Å². The van der Waals surface area contributed by atoms with E-state index < -0.39 is 0 Å². The molecule has 0 unspecified atom stereocenters. The van der Waals surface area contributed by atoms with E-state index in [9.17, 15) is 4.79 Å². The Morgan fingerprint density at radius 3 is 2.90 bits per heavy atom. The number of nitrogens with one attached hydrogen (secondary N) is 1. The molecule has 0 saturated heterocycles. The Labute approximate surface area is 122 Å². The van der Waals surface area contributed by atoms with E-state index in [1.165, 1.54) is 11.3 Å². The maximum absolute atomic E-state index is 12.1. The molecule has 0 atom stereocenters. The van der Waals surface area contributed by atoms with Crippen LogP contribution in [0.1, 0.15) is 25.7 Å². The Morgan fingerprint density at radius 2 is 2.20 bits per heavy atom. The lowest BCUT2D eigenvalue weighted by Crippen LogP contribution is -2.21. The van der Waals surface area contributed by atoms with Gasteiger partial charge in [0.2, 0.25) is 0 Å². The summed E-state index contributed by atoms with van der Waals surface area (Å²) in [6, 6.07) is 5.60. The fourth-order valence-electron chi connectivity index (χ4n) is 1.62. The van der Waals surface area contributed by atoms with Gasteiger partial charge in [-0.2, -0.15) is 0 Å². The normalized spacial score (nSPS) is 9.70. The smallest absolute Gasteiger partial charge is 0.261 e. The van der Waals surface area contributed by atoms with Gasteiger partial charge >= 0.3 is 0 Å². The average molecular weight is 285 g/mol. The Balaban J connectivity index is 2.03. The zero-order chi connectivity index (χ0) is 14.4. The highest BCUT2D eigenvalue weighted by Gasteiger charge is 2.11. The number of amides is 1. The Hall–Kier alpha value is -2.16. The van der Waals surface area contributed by atoms with Crippen LogP contribution >= 0.6 is 11.3 Å². The molecule has 0 bridgehead atoms. The fraction of sp³-hybridized carbons (Fsp3) is 0.200. The molecule has 2 aromatic rings. The van der Waals surface area contributed by atoms with Gasteiger partial charge in [-0.3, -0.25) is 9.78 Å². The third-order valence-electron chi connectivity index (χ3n) is 2.65. The minimum absolute atomic E-state index is 0.0873. The van der Waals surface area contributed by atoms with Crippen LogP contribution in [0.5, 0.6) is 0 Å². The van der Waals surface area contributed by atoms with Crippen molar-refractivity contribution in [1.29, 1.82) is 0 Å². The predicted molar refractivity (Wildman–Crippen MR) is 80.4 cm³/mol. The van der Waals surface area contributed by atoms with Gasteiger partial charge in [0, 0.05) is 18.9 Å². The highest BCUT2D eigenvalue weighted by molar-refractivity contribution is 7.14. The monoisotopic (exact) mass is 285 g/mol. The van der Waals surface area contributed by atoms with Crippen molar-refractivity contribution in [3.8, 4) is 11.8 Å². The zero-order valence-electron chi connectivity index (χ0n) is 11.1. The van der Waals surface area contributed by atoms with Gasteiger partial charge in [0.25, 0.3) is 5.91 Å². The number of carbonyl (C=O) groups is 1. The molecular weight excluding hydrogens is 270 g/mol. The zero-order valence-corrected chi connectivity index (χ0v) is 12.0. The Kier molecular flexibility index (Phi) is 4.88. The molecule has 0 aliphatic rings. The van der Waals surface area contributed by atoms with E-state index in [0.29, 0.717) is 18.0 Å². The summed E-state index contributed by atoms with van der Waals surface area (Å²) in [5.41, 5.74) is 7.37. The molecule has 2 heterocycles. The molecule has 102 valence electrons. The van der Waals surface area contributed by atoms with Crippen molar-refractivity contribution in [2.24, 2.45) is 5.73 Å². The summed E-state index contributed by atoms with van der Waals surface area (Å²) in [5, 5.41) is 2.88. The summed E-state index contributed by atoms with van der Waals surface area (Å²) in [5.74, 6) is 5.69. The molecule has 3 N–H and O–H groups in total. The molecule has 2 aromatic heterocycles. The van der Waals surface area contributed by atoms with E-state index in [1.807, 2.05) is 25.1 Å². The predicted octanol–water partition coefficient (Wildman–Crippen LogP) is 1.69. The molecule has 0 aliphatic carbocycles. The molecule has 0 aromatic carbocycles. The molecular formula is C15H15N3OS. The molecule has 0 aliphatic heterocycles. The van der Waals surface area contributed by atoms with E-state index in [2.05, 4.69) is 22.1 Å². The number of nitrogens with zero attached hydrogens (tertiary/aromatic N) is 1. The highest BCUT2D eigenvalue weighted by atomic mass is 32.1. The first kappa shape index (κ1) is 14.3. The largest absolute Gasteiger partial charge is 0.347 e. The summed E-state index contributed by atoms with van der Waals surface area (Å²) in [4.78, 5) is 17.6. The molecule has 2 rings (SSSR count). The first-order valence-electron chi connectivity index (χ1n) is 6.17. The quantitative estimate of drug-likeness (QED) is 0.843. The van der Waals surface area contributed by atoms with Gasteiger partial charge in [-0.1, -0.05) is 11.8 Å². The van der Waals surface area contributed by atoms with Crippen molar-refractivity contribution in [3.05, 3.63) is 51.5 Å². The SMILES string of the molecule is Cc1cc(C(=O)NCc2ccncc2)sc1C#CCN. The number of rotatable bonds is 3. The molecule has 4 nitrogen and oxygen atoms in total. The lowest BCUT2D eigenvalue weighted by molar-refractivity contribution is 0.0955. The lowest BCUT2D eigenvalue weighted by Gasteiger charge is -2.02. The molecule has 0 fully saturated rings. The fourth-order valence-corrected chi connectivity index (χ4v) is 2.58. The van der Waals surface area contributed by atoms with Crippen LogP contribution in [0.3, 0.4) is 0 Å². The molecule has 5 heteroatoms. The van der Waals surface area contributed by atoms with Gasteiger partial charge in [0.1, 0.15) is 0 Å². The number of hydrogen-bond donors (Lipinski definition) is 2. The second-order valence-corrected chi connectivity index (χ2v) is 5.22. The van der Waals surface area contributed by atoms with Crippen molar-refractivity contribution in [3.63, 3.8) is 0 Å². The molecule has 0 saturated carbocycles. The summed E-state index contributed by atoms with van der Waals surface area (Å²) in [7, 11) is 0. The van der Waals surface area contributed by atoms with E-state index in [0.717, 1.165) is 16.0 Å². The number of pyridine rings is 1. The van der Waals surface area contributed by atoms with Crippen LogP contribution in [0.25, 0.3) is 0 Å². The summed E-state index contributed by atoms with van der Waals surface area (Å²) in [6.45, 7) is 2.75. The molecule has 1 amide bonds. The average Bonchev–Trinajstić information content (AvgIpc) is 2.85. The summed E-state index contributed by atoms with van der Waals surface area (Å²) in [6.07, 6.45) is 3.41. The molecule has 0 spiro atoms. The van der Waals surface area contributed by atoms with Crippen LogP contribution in [0.15, 0.2) is 30.6 Å². The first-order chi connectivity index (χ1) is 9.70. The van der Waals surface area contributed by atoms with E-state index in [-0.39, 0.29) is 5.91 Å². The third-order valence-corrected chi connectivity index (χ3v) is 3.80. The maximum atomic E-state index is 12.1. The van der Waals surface area contributed by atoms with Gasteiger partial charge < -0.3 is 11.1 Å². The number of aromatic nitrogens is 1. The molecule has 0 radical (unpaired) electrons. The second kappa shape index (κ2) is 6.85. The van der Waals surface area contributed by atoms with Gasteiger partial charge in [-0.05, 0) is 36.2 Å². The maximum Gasteiger partial charge on any atom is 0.261 e. The van der Waals surface area contributed by atoms with Crippen LogP contribution in [0.4, 0.5) is 0 Å². The van der Waals surface area contributed by atoms with Gasteiger partial charge in [-0.25, -0.2) is 0 Å². The highest BCUT2D eigenvalue weighted by Crippen LogP contribution is 2.20.